The van der Waals surface area contributed by atoms with Crippen molar-refractivity contribution in [2.45, 2.75) is 31.2 Å². The van der Waals surface area contributed by atoms with Crippen molar-refractivity contribution in [3.8, 4) is 0 Å². The Morgan fingerprint density at radius 1 is 1.50 bits per heavy atom. The summed E-state index contributed by atoms with van der Waals surface area (Å²) in [6.07, 6.45) is 3.50. The van der Waals surface area contributed by atoms with Gasteiger partial charge in [0.15, 0.2) is 0 Å². The first-order valence-electron chi connectivity index (χ1n) is 5.95. The van der Waals surface area contributed by atoms with E-state index in [1.165, 1.54) is 21.4 Å². The van der Waals surface area contributed by atoms with Crippen LogP contribution in [0.1, 0.15) is 20.3 Å². The van der Waals surface area contributed by atoms with Crippen LogP contribution in [0.3, 0.4) is 0 Å². The fourth-order valence-corrected chi connectivity index (χ4v) is 2.67. The van der Waals surface area contributed by atoms with Gasteiger partial charge in [-0.3, -0.25) is 4.68 Å². The molecule has 0 aliphatic carbocycles. The van der Waals surface area contributed by atoms with Gasteiger partial charge in [-0.25, -0.2) is 12.7 Å². The van der Waals surface area contributed by atoms with E-state index in [1.807, 2.05) is 13.8 Å². The molecular weight excluding hydrogens is 252 g/mol. The molecule has 18 heavy (non-hydrogen) atoms. The van der Waals surface area contributed by atoms with Crippen LogP contribution in [0.5, 0.6) is 0 Å². The molecule has 0 radical (unpaired) electrons. The van der Waals surface area contributed by atoms with Gasteiger partial charge in [0.25, 0.3) is 0 Å². The van der Waals surface area contributed by atoms with Crippen molar-refractivity contribution in [2.75, 3.05) is 13.6 Å². The summed E-state index contributed by atoms with van der Waals surface area (Å²) >= 11 is 0. The number of nitrogens with zero attached hydrogens (tertiary/aromatic N) is 3. The lowest BCUT2D eigenvalue weighted by Gasteiger charge is -2.20. The van der Waals surface area contributed by atoms with E-state index in [0.717, 1.165) is 0 Å². The lowest BCUT2D eigenvalue weighted by atomic mass is 10.0. The summed E-state index contributed by atoms with van der Waals surface area (Å²) in [4.78, 5) is 0.214. The maximum absolute atomic E-state index is 12.2. The molecule has 1 atom stereocenters. The number of hydrogen-bond acceptors (Lipinski definition) is 4. The Labute approximate surface area is 109 Å². The highest BCUT2D eigenvalue weighted by atomic mass is 32.2. The fraction of sp³-hybridized carbons (Fsp3) is 0.727. The van der Waals surface area contributed by atoms with Crippen molar-refractivity contribution in [2.24, 2.45) is 18.7 Å². The Kier molecular flexibility index (Phi) is 4.89. The van der Waals surface area contributed by atoms with Crippen molar-refractivity contribution in [1.82, 2.24) is 14.1 Å². The molecule has 0 aliphatic rings. The maximum atomic E-state index is 12.2. The summed E-state index contributed by atoms with van der Waals surface area (Å²) in [5, 5.41) is 3.87. The molecule has 104 valence electrons. The third kappa shape index (κ3) is 3.54. The molecule has 0 fully saturated rings. The molecule has 0 aliphatic heterocycles. The summed E-state index contributed by atoms with van der Waals surface area (Å²) in [5.41, 5.74) is 5.91. The summed E-state index contributed by atoms with van der Waals surface area (Å²) in [6, 6.07) is 0.0107. The Bertz CT molecular complexity index is 481. The third-order valence-corrected chi connectivity index (χ3v) is 4.83. The molecule has 0 spiro atoms. The second kappa shape index (κ2) is 5.81. The number of sulfonamides is 1. The Hall–Kier alpha value is -0.920. The van der Waals surface area contributed by atoms with E-state index in [-0.39, 0.29) is 10.9 Å². The van der Waals surface area contributed by atoms with E-state index in [0.29, 0.717) is 18.9 Å². The lowest BCUT2D eigenvalue weighted by molar-refractivity contribution is 0.397. The van der Waals surface area contributed by atoms with Gasteiger partial charge in [-0.1, -0.05) is 13.8 Å². The van der Waals surface area contributed by atoms with E-state index in [9.17, 15) is 8.42 Å². The molecule has 1 heterocycles. The van der Waals surface area contributed by atoms with Gasteiger partial charge < -0.3 is 5.73 Å². The molecular formula is C11H22N4O2S. The highest BCUT2D eigenvalue weighted by Gasteiger charge is 2.22. The average Bonchev–Trinajstić information content (AvgIpc) is 2.72. The van der Waals surface area contributed by atoms with E-state index in [4.69, 9.17) is 5.73 Å². The summed E-state index contributed by atoms with van der Waals surface area (Å²) in [7, 11) is -0.192. The van der Waals surface area contributed by atoms with E-state index in [2.05, 4.69) is 5.10 Å². The SMILES string of the molecule is CC(C)C(N)CCN(C)S(=O)(=O)c1cnn(C)c1. The smallest absolute Gasteiger partial charge is 0.245 e. The van der Waals surface area contributed by atoms with Gasteiger partial charge in [-0.05, 0) is 12.3 Å². The van der Waals surface area contributed by atoms with Gasteiger partial charge in [-0.2, -0.15) is 5.10 Å². The van der Waals surface area contributed by atoms with Crippen LogP contribution in [-0.2, 0) is 17.1 Å². The van der Waals surface area contributed by atoms with Gasteiger partial charge >= 0.3 is 0 Å². The molecule has 0 aromatic carbocycles. The normalized spacial score (nSPS) is 14.4. The zero-order valence-electron chi connectivity index (χ0n) is 11.4. The van der Waals surface area contributed by atoms with Crippen LogP contribution in [0.15, 0.2) is 17.3 Å². The van der Waals surface area contributed by atoms with E-state index < -0.39 is 10.0 Å². The molecule has 2 N–H and O–H groups in total. The van der Waals surface area contributed by atoms with Crippen LogP contribution in [-0.4, -0.2) is 42.1 Å². The maximum Gasteiger partial charge on any atom is 0.245 e. The summed E-state index contributed by atoms with van der Waals surface area (Å²) < 4.78 is 27.1. The first-order chi connectivity index (χ1) is 8.25. The predicted molar refractivity (Wildman–Crippen MR) is 70.5 cm³/mol. The lowest BCUT2D eigenvalue weighted by Crippen LogP contribution is -2.34. The van der Waals surface area contributed by atoms with Crippen LogP contribution in [0, 0.1) is 5.92 Å². The van der Waals surface area contributed by atoms with Crippen molar-refractivity contribution >= 4 is 10.0 Å². The van der Waals surface area contributed by atoms with Crippen LogP contribution in [0.2, 0.25) is 0 Å². The van der Waals surface area contributed by atoms with E-state index >= 15 is 0 Å². The van der Waals surface area contributed by atoms with Crippen LogP contribution >= 0.6 is 0 Å². The summed E-state index contributed by atoms with van der Waals surface area (Å²) in [5.74, 6) is 0.347. The minimum Gasteiger partial charge on any atom is -0.327 e. The van der Waals surface area contributed by atoms with Gasteiger partial charge in [-0.15, -0.1) is 0 Å². The minimum absolute atomic E-state index is 0.0107. The van der Waals surface area contributed by atoms with E-state index in [1.54, 1.807) is 14.1 Å². The average molecular weight is 274 g/mol. The number of aromatic nitrogens is 2. The van der Waals surface area contributed by atoms with Crippen LogP contribution < -0.4 is 5.73 Å². The van der Waals surface area contributed by atoms with Gasteiger partial charge in [0, 0.05) is 32.9 Å². The van der Waals surface area contributed by atoms with Crippen LogP contribution in [0.4, 0.5) is 0 Å². The van der Waals surface area contributed by atoms with Gasteiger partial charge in [0.2, 0.25) is 10.0 Å². The summed E-state index contributed by atoms with van der Waals surface area (Å²) in [6.45, 7) is 4.47. The van der Waals surface area contributed by atoms with Crippen molar-refractivity contribution < 1.29 is 8.42 Å². The zero-order chi connectivity index (χ0) is 13.9. The molecule has 0 saturated carbocycles. The molecule has 0 saturated heterocycles. The Morgan fingerprint density at radius 3 is 2.56 bits per heavy atom. The topological polar surface area (TPSA) is 81.2 Å². The largest absolute Gasteiger partial charge is 0.327 e. The molecule has 0 amide bonds. The second-order valence-corrected chi connectivity index (χ2v) is 6.92. The van der Waals surface area contributed by atoms with Crippen LogP contribution in [0.25, 0.3) is 0 Å². The highest BCUT2D eigenvalue weighted by Crippen LogP contribution is 2.14. The first kappa shape index (κ1) is 15.1. The molecule has 1 unspecified atom stereocenters. The fourth-order valence-electron chi connectivity index (χ4n) is 1.50. The standard InChI is InChI=1S/C11H22N4O2S/c1-9(2)11(12)5-6-15(4)18(16,17)10-7-13-14(3)8-10/h7-9,11H,5-6,12H2,1-4H3. The molecule has 0 bridgehead atoms. The third-order valence-electron chi connectivity index (χ3n) is 3.02. The van der Waals surface area contributed by atoms with Crippen molar-refractivity contribution in [3.05, 3.63) is 12.4 Å². The molecule has 7 heteroatoms. The van der Waals surface area contributed by atoms with Crippen molar-refractivity contribution in [1.29, 1.82) is 0 Å². The second-order valence-electron chi connectivity index (χ2n) is 4.87. The monoisotopic (exact) mass is 274 g/mol. The number of rotatable bonds is 6. The molecule has 1 aromatic heterocycles. The minimum atomic E-state index is -3.45. The molecule has 1 rings (SSSR count). The predicted octanol–water partition coefficient (Wildman–Crippen LogP) is 0.414. The van der Waals surface area contributed by atoms with Crippen molar-refractivity contribution in [3.63, 3.8) is 0 Å². The van der Waals surface area contributed by atoms with Gasteiger partial charge in [0.05, 0.1) is 6.20 Å². The molecule has 6 nitrogen and oxygen atoms in total. The zero-order valence-corrected chi connectivity index (χ0v) is 12.2. The highest BCUT2D eigenvalue weighted by molar-refractivity contribution is 7.89. The number of aryl methyl sites for hydroxylation is 1. The molecule has 1 aromatic rings. The quantitative estimate of drug-likeness (QED) is 0.815. The number of nitrogens with two attached hydrogens (primary N) is 1. The Morgan fingerprint density at radius 2 is 2.11 bits per heavy atom. The van der Waals surface area contributed by atoms with Gasteiger partial charge in [0.1, 0.15) is 4.90 Å². The Balaban J connectivity index is 2.69. The number of hydrogen-bond donors (Lipinski definition) is 1. The first-order valence-corrected chi connectivity index (χ1v) is 7.39.